The van der Waals surface area contributed by atoms with Crippen molar-refractivity contribution in [3.8, 4) is 0 Å². The van der Waals surface area contributed by atoms with Crippen molar-refractivity contribution in [2.24, 2.45) is 9.50 Å². The zero-order valence-corrected chi connectivity index (χ0v) is 18.6. The van der Waals surface area contributed by atoms with Crippen LogP contribution in [-0.4, -0.2) is 15.3 Å². The smallest absolute Gasteiger partial charge is 0.354 e. The molecule has 0 bridgehead atoms. The second-order valence-electron chi connectivity index (χ2n) is 8.46. The van der Waals surface area contributed by atoms with Crippen molar-refractivity contribution in [1.82, 2.24) is 0 Å². The number of anilines is 1. The van der Waals surface area contributed by atoms with Crippen LogP contribution >= 0.6 is 11.3 Å². The van der Waals surface area contributed by atoms with Crippen molar-refractivity contribution in [1.29, 1.82) is 0 Å². The number of fused-ring (bicyclic) bond motifs is 2. The fourth-order valence-corrected chi connectivity index (χ4v) is 6.98. The van der Waals surface area contributed by atoms with Crippen LogP contribution in [0.25, 0.3) is 0 Å². The number of nitrogens with zero attached hydrogens (tertiary/aromatic N) is 1. The van der Waals surface area contributed by atoms with Gasteiger partial charge in [0.15, 0.2) is 9.92 Å². The maximum Gasteiger partial charge on any atom is 0.354 e. The van der Waals surface area contributed by atoms with Crippen LogP contribution in [0.5, 0.6) is 0 Å². The van der Waals surface area contributed by atoms with Crippen LogP contribution in [0.2, 0.25) is 0 Å². The van der Waals surface area contributed by atoms with E-state index in [9.17, 15) is 14.1 Å². The molecule has 8 heteroatoms. The Morgan fingerprint density at radius 3 is 2.28 bits per heavy atom. The summed E-state index contributed by atoms with van der Waals surface area (Å²) in [5.41, 5.74) is 5.44. The number of hydrogen-bond acceptors (Lipinski definition) is 4. The van der Waals surface area contributed by atoms with Crippen molar-refractivity contribution in [3.05, 3.63) is 44.8 Å². The van der Waals surface area contributed by atoms with E-state index in [2.05, 4.69) is 15.7 Å². The number of carbonyl (C=O) groups excluding carboxylic acids is 1. The highest BCUT2D eigenvalue weighted by atomic mass is 32.2. The van der Waals surface area contributed by atoms with Gasteiger partial charge in [0.1, 0.15) is 4.21 Å². The quantitative estimate of drug-likeness (QED) is 0.676. The fourth-order valence-electron chi connectivity index (χ4n) is 4.32. The van der Waals surface area contributed by atoms with Crippen LogP contribution in [0.3, 0.4) is 0 Å². The number of amides is 2. The summed E-state index contributed by atoms with van der Waals surface area (Å²) in [6.07, 6.45) is 6.11. The van der Waals surface area contributed by atoms with Gasteiger partial charge >= 0.3 is 6.03 Å². The number of rotatable bonds is 3. The lowest BCUT2D eigenvalue weighted by Gasteiger charge is -2.15. The van der Waals surface area contributed by atoms with Crippen molar-refractivity contribution in [2.75, 3.05) is 5.32 Å². The van der Waals surface area contributed by atoms with Crippen LogP contribution in [0.1, 0.15) is 59.4 Å². The molecule has 1 aromatic carbocycles. The lowest BCUT2D eigenvalue weighted by Crippen LogP contribution is -2.18. The molecule has 1 unspecified atom stereocenters. The van der Waals surface area contributed by atoms with Gasteiger partial charge < -0.3 is 10.4 Å². The third-order valence-electron chi connectivity index (χ3n) is 5.66. The van der Waals surface area contributed by atoms with Gasteiger partial charge in [-0.05, 0) is 93.2 Å². The van der Waals surface area contributed by atoms with E-state index in [0.717, 1.165) is 55.5 Å². The number of aryl methyl sites for hydroxylation is 3. The van der Waals surface area contributed by atoms with Crippen LogP contribution in [0, 0.1) is 6.92 Å². The third-order valence-corrected chi connectivity index (χ3v) is 9.27. The first-order valence-corrected chi connectivity index (χ1v) is 12.3. The average molecular weight is 434 g/mol. The molecule has 1 heterocycles. The maximum absolute atomic E-state index is 13.1. The molecule has 1 aromatic heterocycles. The maximum atomic E-state index is 13.1. The van der Waals surface area contributed by atoms with E-state index in [4.69, 9.17) is 5.14 Å². The number of nitrogens with two attached hydrogens (primary N) is 1. The predicted molar refractivity (Wildman–Crippen MR) is 117 cm³/mol. The van der Waals surface area contributed by atoms with Crippen molar-refractivity contribution >= 4 is 33.0 Å². The molecule has 0 saturated heterocycles. The first-order valence-electron chi connectivity index (χ1n) is 9.92. The molecule has 29 heavy (non-hydrogen) atoms. The third kappa shape index (κ3) is 3.86. The van der Waals surface area contributed by atoms with Crippen LogP contribution in [0.15, 0.2) is 20.7 Å². The molecule has 0 saturated carbocycles. The van der Waals surface area contributed by atoms with Gasteiger partial charge in [-0.25, -0.2) is 14.1 Å². The number of carbonyl (C=O) groups is 1. The molecule has 0 aliphatic heterocycles. The molecular weight excluding hydrogens is 406 g/mol. The largest absolute Gasteiger partial charge is 0.385 e. The normalized spacial score (nSPS) is 17.6. The summed E-state index contributed by atoms with van der Waals surface area (Å²) < 4.78 is 17.3. The van der Waals surface area contributed by atoms with E-state index >= 15 is 0 Å². The first kappa shape index (κ1) is 20.5. The Bertz CT molecular complexity index is 1090. The SMILES string of the molecule is Cc1cc(C(C)(C)O)sc1S(N)(=O)=NC(=O)Nc1c2c(cc3c1CCC3)CCC2. The first-order chi connectivity index (χ1) is 13.6. The van der Waals surface area contributed by atoms with Crippen molar-refractivity contribution < 1.29 is 14.1 Å². The number of hydrogen-bond donors (Lipinski definition) is 3. The minimum atomic E-state index is -3.41. The van der Waals surface area contributed by atoms with Crippen LogP contribution < -0.4 is 10.5 Å². The highest BCUT2D eigenvalue weighted by Gasteiger charge is 2.27. The van der Waals surface area contributed by atoms with E-state index in [-0.39, 0.29) is 0 Å². The molecule has 4 rings (SSSR count). The number of aliphatic hydroxyl groups is 1. The Labute approximate surface area is 175 Å². The van der Waals surface area contributed by atoms with E-state index in [0.29, 0.717) is 14.6 Å². The Morgan fingerprint density at radius 1 is 1.17 bits per heavy atom. The zero-order chi connectivity index (χ0) is 21.0. The fraction of sp³-hybridized carbons (Fsp3) is 0.476. The molecule has 2 aliphatic rings. The monoisotopic (exact) mass is 433 g/mol. The molecule has 2 aliphatic carbocycles. The lowest BCUT2D eigenvalue weighted by atomic mass is 9.99. The Balaban J connectivity index is 1.68. The highest BCUT2D eigenvalue weighted by Crippen LogP contribution is 2.39. The molecule has 2 amide bonds. The van der Waals surface area contributed by atoms with Crippen molar-refractivity contribution in [3.63, 3.8) is 0 Å². The topological polar surface area (TPSA) is 105 Å². The number of thiophene rings is 1. The molecular formula is C21H27N3O3S2. The van der Waals surface area contributed by atoms with Crippen LogP contribution in [0.4, 0.5) is 10.5 Å². The Kier molecular flexibility index (Phi) is 5.09. The minimum Gasteiger partial charge on any atom is -0.385 e. The lowest BCUT2D eigenvalue weighted by molar-refractivity contribution is 0.0825. The molecule has 4 N–H and O–H groups in total. The van der Waals surface area contributed by atoms with E-state index in [1.165, 1.54) is 22.3 Å². The molecule has 156 valence electrons. The Morgan fingerprint density at radius 2 is 1.76 bits per heavy atom. The summed E-state index contributed by atoms with van der Waals surface area (Å²) in [6.45, 7) is 5.07. The molecule has 0 fully saturated rings. The minimum absolute atomic E-state index is 0.327. The second-order valence-corrected chi connectivity index (χ2v) is 11.5. The van der Waals surface area contributed by atoms with Crippen molar-refractivity contribution in [2.45, 2.75) is 69.1 Å². The number of urea groups is 1. The van der Waals surface area contributed by atoms with E-state index < -0.39 is 21.5 Å². The highest BCUT2D eigenvalue weighted by molar-refractivity contribution is 7.93. The van der Waals surface area contributed by atoms with Gasteiger partial charge in [-0.3, -0.25) is 0 Å². The van der Waals surface area contributed by atoms with E-state index in [1.54, 1.807) is 26.8 Å². The summed E-state index contributed by atoms with van der Waals surface area (Å²) >= 11 is 1.14. The second kappa shape index (κ2) is 7.19. The Hall–Kier alpha value is -1.74. The summed E-state index contributed by atoms with van der Waals surface area (Å²) in [4.78, 5) is 13.4. The van der Waals surface area contributed by atoms with Gasteiger partial charge in [0, 0.05) is 10.6 Å². The van der Waals surface area contributed by atoms with Gasteiger partial charge in [0.25, 0.3) is 0 Å². The summed E-state index contributed by atoms with van der Waals surface area (Å²) in [6, 6.07) is 3.36. The molecule has 6 nitrogen and oxygen atoms in total. The summed E-state index contributed by atoms with van der Waals surface area (Å²) in [7, 11) is -3.41. The molecule has 2 aromatic rings. The van der Waals surface area contributed by atoms with Crippen LogP contribution in [-0.2, 0) is 41.2 Å². The standard InChI is InChI=1S/C21H27N3O3S2/c1-12-10-17(21(2,3)26)28-19(12)29(22,27)24-20(25)23-18-15-8-4-6-13(15)11-14-7-5-9-16(14)18/h10-11,26H,4-9H2,1-3H3,(H3,22,23,24,25,27). The van der Waals surface area contributed by atoms with Gasteiger partial charge in [-0.15, -0.1) is 15.7 Å². The predicted octanol–water partition coefficient (Wildman–Crippen LogP) is 4.19. The van der Waals surface area contributed by atoms with Gasteiger partial charge in [0.2, 0.25) is 0 Å². The zero-order valence-electron chi connectivity index (χ0n) is 17.0. The summed E-state index contributed by atoms with van der Waals surface area (Å²) in [5, 5.41) is 19.1. The van der Waals surface area contributed by atoms with Gasteiger partial charge in [-0.1, -0.05) is 6.07 Å². The molecule has 0 radical (unpaired) electrons. The van der Waals surface area contributed by atoms with Gasteiger partial charge in [0.05, 0.1) is 5.60 Å². The number of nitrogens with one attached hydrogen (secondary N) is 1. The molecule has 0 spiro atoms. The van der Waals surface area contributed by atoms with E-state index in [1.807, 2.05) is 0 Å². The van der Waals surface area contributed by atoms with Gasteiger partial charge in [-0.2, -0.15) is 0 Å². The molecule has 1 atom stereocenters. The average Bonchev–Trinajstić information content (AvgIpc) is 3.31. The summed E-state index contributed by atoms with van der Waals surface area (Å²) in [5.74, 6) is 0. The number of benzene rings is 1.